The summed E-state index contributed by atoms with van der Waals surface area (Å²) in [7, 11) is 0. The van der Waals surface area contributed by atoms with Crippen LogP contribution < -0.4 is 5.32 Å². The Morgan fingerprint density at radius 1 is 1.59 bits per heavy atom. The minimum Gasteiger partial charge on any atom is -0.477 e. The van der Waals surface area contributed by atoms with Crippen LogP contribution in [0, 0.1) is 5.92 Å². The number of nitrogens with zero attached hydrogens (tertiary/aromatic N) is 1. The van der Waals surface area contributed by atoms with Crippen molar-refractivity contribution >= 4 is 11.7 Å². The van der Waals surface area contributed by atoms with Crippen molar-refractivity contribution in [2.75, 3.05) is 25.1 Å². The Kier molecular flexibility index (Phi) is 3.93. The summed E-state index contributed by atoms with van der Waals surface area (Å²) in [5, 5.41) is 11.9. The fraction of sp³-hybridized carbons (Fsp3) is 0.500. The number of carboxylic acids is 1. The van der Waals surface area contributed by atoms with E-state index in [4.69, 9.17) is 9.84 Å². The maximum Gasteiger partial charge on any atom is 0.354 e. The van der Waals surface area contributed by atoms with E-state index in [0.717, 1.165) is 18.2 Å². The van der Waals surface area contributed by atoms with Crippen LogP contribution in [-0.4, -0.2) is 35.8 Å². The summed E-state index contributed by atoms with van der Waals surface area (Å²) in [6, 6.07) is 3.26. The zero-order valence-electron chi connectivity index (χ0n) is 9.56. The molecule has 0 aromatic carbocycles. The van der Waals surface area contributed by atoms with E-state index in [1.165, 1.54) is 25.1 Å². The van der Waals surface area contributed by atoms with Crippen LogP contribution >= 0.6 is 0 Å². The number of pyridine rings is 1. The van der Waals surface area contributed by atoms with E-state index in [1.54, 1.807) is 6.07 Å². The van der Waals surface area contributed by atoms with Crippen molar-refractivity contribution in [2.24, 2.45) is 5.92 Å². The Labute approximate surface area is 99.8 Å². The molecule has 5 heteroatoms. The summed E-state index contributed by atoms with van der Waals surface area (Å²) < 4.78 is 5.46. The number of hydrogen-bond acceptors (Lipinski definition) is 4. The van der Waals surface area contributed by atoms with E-state index in [-0.39, 0.29) is 5.69 Å². The molecule has 1 aliphatic rings. The quantitative estimate of drug-likeness (QED) is 0.704. The highest BCUT2D eigenvalue weighted by Crippen LogP contribution is 2.28. The first-order chi connectivity index (χ1) is 8.25. The van der Waals surface area contributed by atoms with Crippen LogP contribution in [0.5, 0.6) is 0 Å². The Morgan fingerprint density at radius 3 is 3.12 bits per heavy atom. The average Bonchev–Trinajstić information content (AvgIpc) is 3.13. The largest absolute Gasteiger partial charge is 0.477 e. The molecule has 1 aliphatic carbocycles. The number of hydrogen-bond donors (Lipinski definition) is 2. The second kappa shape index (κ2) is 5.63. The molecular formula is C12H16N2O3. The highest BCUT2D eigenvalue weighted by Gasteiger charge is 2.20. The fourth-order valence-electron chi connectivity index (χ4n) is 1.46. The minimum absolute atomic E-state index is 0.0499. The number of ether oxygens (including phenoxy) is 1. The van der Waals surface area contributed by atoms with E-state index in [9.17, 15) is 4.79 Å². The van der Waals surface area contributed by atoms with Crippen molar-refractivity contribution in [1.82, 2.24) is 4.98 Å². The van der Waals surface area contributed by atoms with Crippen LogP contribution in [0.4, 0.5) is 5.69 Å². The van der Waals surface area contributed by atoms with E-state index in [1.807, 2.05) is 0 Å². The van der Waals surface area contributed by atoms with Crippen molar-refractivity contribution in [3.8, 4) is 0 Å². The molecule has 0 aliphatic heterocycles. The SMILES string of the molecule is O=C(O)c1cc(NCCOCC2CC2)ccn1. The van der Waals surface area contributed by atoms with E-state index >= 15 is 0 Å². The van der Waals surface area contributed by atoms with Crippen LogP contribution in [0.3, 0.4) is 0 Å². The summed E-state index contributed by atoms with van der Waals surface area (Å²) in [6.45, 7) is 2.16. The lowest BCUT2D eigenvalue weighted by Gasteiger charge is -2.07. The number of aromatic nitrogens is 1. The number of anilines is 1. The molecule has 0 atom stereocenters. The molecule has 0 spiro atoms. The third kappa shape index (κ3) is 4.03. The standard InChI is InChI=1S/C12H16N2O3/c15-12(16)11-7-10(3-4-14-11)13-5-6-17-8-9-1-2-9/h3-4,7,9H,1-2,5-6,8H2,(H,13,14)(H,15,16). The number of carboxylic acid groups (broad SMARTS) is 1. The summed E-state index contributed by atoms with van der Waals surface area (Å²) in [5.41, 5.74) is 0.807. The number of rotatable bonds is 7. The molecule has 17 heavy (non-hydrogen) atoms. The van der Waals surface area contributed by atoms with E-state index in [0.29, 0.717) is 13.2 Å². The minimum atomic E-state index is -1.02. The Bertz CT molecular complexity index is 391. The maximum absolute atomic E-state index is 10.7. The lowest BCUT2D eigenvalue weighted by Crippen LogP contribution is -2.11. The topological polar surface area (TPSA) is 71.5 Å². The molecule has 0 bridgehead atoms. The predicted octanol–water partition coefficient (Wildman–Crippen LogP) is 1.62. The monoisotopic (exact) mass is 236 g/mol. The molecule has 1 heterocycles. The second-order valence-corrected chi connectivity index (χ2v) is 4.18. The van der Waals surface area contributed by atoms with Crippen LogP contribution in [0.2, 0.25) is 0 Å². The fourth-order valence-corrected chi connectivity index (χ4v) is 1.46. The Balaban J connectivity index is 1.70. The Morgan fingerprint density at radius 2 is 2.41 bits per heavy atom. The van der Waals surface area contributed by atoms with Gasteiger partial charge in [-0.1, -0.05) is 0 Å². The third-order valence-electron chi connectivity index (χ3n) is 2.61. The van der Waals surface area contributed by atoms with Gasteiger partial charge in [0.2, 0.25) is 0 Å². The molecule has 0 unspecified atom stereocenters. The average molecular weight is 236 g/mol. The molecule has 1 aromatic heterocycles. The van der Waals surface area contributed by atoms with Crippen molar-refractivity contribution < 1.29 is 14.6 Å². The Hall–Kier alpha value is -1.62. The van der Waals surface area contributed by atoms with Gasteiger partial charge in [0.15, 0.2) is 0 Å². The molecule has 1 fully saturated rings. The van der Waals surface area contributed by atoms with Crippen molar-refractivity contribution in [1.29, 1.82) is 0 Å². The molecule has 2 rings (SSSR count). The number of nitrogens with one attached hydrogen (secondary N) is 1. The molecule has 0 amide bonds. The predicted molar refractivity (Wildman–Crippen MR) is 63.2 cm³/mol. The van der Waals surface area contributed by atoms with Crippen LogP contribution in [0.15, 0.2) is 18.3 Å². The third-order valence-corrected chi connectivity index (χ3v) is 2.61. The van der Waals surface area contributed by atoms with Gasteiger partial charge in [0.05, 0.1) is 6.61 Å². The van der Waals surface area contributed by atoms with Gasteiger partial charge in [0, 0.05) is 25.0 Å². The highest BCUT2D eigenvalue weighted by atomic mass is 16.5. The van der Waals surface area contributed by atoms with Gasteiger partial charge >= 0.3 is 5.97 Å². The van der Waals surface area contributed by atoms with Crippen LogP contribution in [0.1, 0.15) is 23.3 Å². The highest BCUT2D eigenvalue weighted by molar-refractivity contribution is 5.86. The maximum atomic E-state index is 10.7. The molecule has 5 nitrogen and oxygen atoms in total. The van der Waals surface area contributed by atoms with Gasteiger partial charge in [0.1, 0.15) is 5.69 Å². The zero-order valence-corrected chi connectivity index (χ0v) is 9.56. The summed E-state index contributed by atoms with van der Waals surface area (Å²) in [4.78, 5) is 14.4. The molecule has 2 N–H and O–H groups in total. The van der Waals surface area contributed by atoms with Crippen molar-refractivity contribution in [2.45, 2.75) is 12.8 Å². The first-order valence-corrected chi connectivity index (χ1v) is 5.76. The molecule has 0 radical (unpaired) electrons. The normalized spacial score (nSPS) is 14.6. The first-order valence-electron chi connectivity index (χ1n) is 5.76. The van der Waals surface area contributed by atoms with Gasteiger partial charge in [-0.2, -0.15) is 0 Å². The van der Waals surface area contributed by atoms with Crippen LogP contribution in [-0.2, 0) is 4.74 Å². The second-order valence-electron chi connectivity index (χ2n) is 4.18. The van der Waals surface area contributed by atoms with Gasteiger partial charge in [0.25, 0.3) is 0 Å². The van der Waals surface area contributed by atoms with Gasteiger partial charge in [-0.25, -0.2) is 9.78 Å². The molecule has 92 valence electrons. The number of carbonyl (C=O) groups is 1. The van der Waals surface area contributed by atoms with Crippen molar-refractivity contribution in [3.63, 3.8) is 0 Å². The summed E-state index contributed by atoms with van der Waals surface area (Å²) >= 11 is 0. The lowest BCUT2D eigenvalue weighted by atomic mass is 10.3. The molecule has 1 saturated carbocycles. The van der Waals surface area contributed by atoms with Crippen LogP contribution in [0.25, 0.3) is 0 Å². The number of aromatic carboxylic acids is 1. The zero-order chi connectivity index (χ0) is 12.1. The first kappa shape index (κ1) is 11.9. The lowest BCUT2D eigenvalue weighted by molar-refractivity contribution is 0.0690. The van der Waals surface area contributed by atoms with Crippen molar-refractivity contribution in [3.05, 3.63) is 24.0 Å². The molecule has 1 aromatic rings. The smallest absolute Gasteiger partial charge is 0.354 e. The van der Waals surface area contributed by atoms with E-state index < -0.39 is 5.97 Å². The van der Waals surface area contributed by atoms with E-state index in [2.05, 4.69) is 10.3 Å². The summed E-state index contributed by atoms with van der Waals surface area (Å²) in [5.74, 6) is -0.242. The summed E-state index contributed by atoms with van der Waals surface area (Å²) in [6.07, 6.45) is 4.07. The molecule has 0 saturated heterocycles. The van der Waals surface area contributed by atoms with Gasteiger partial charge in [-0.15, -0.1) is 0 Å². The van der Waals surface area contributed by atoms with Gasteiger partial charge in [-0.05, 0) is 30.9 Å². The van der Waals surface area contributed by atoms with Gasteiger partial charge < -0.3 is 15.2 Å². The van der Waals surface area contributed by atoms with Gasteiger partial charge in [-0.3, -0.25) is 0 Å². The molecular weight excluding hydrogens is 220 g/mol.